The lowest BCUT2D eigenvalue weighted by Crippen LogP contribution is -2.40. The Balaban J connectivity index is 1.78. The number of nitrogens with one attached hydrogen (secondary N) is 2. The maximum atomic E-state index is 14.9. The van der Waals surface area contributed by atoms with Gasteiger partial charge in [0.15, 0.2) is 18.7 Å². The van der Waals surface area contributed by atoms with Crippen molar-refractivity contribution in [3.8, 4) is 5.75 Å². The molecule has 1 saturated heterocycles. The van der Waals surface area contributed by atoms with Crippen LogP contribution in [0.4, 0.5) is 4.39 Å². The van der Waals surface area contributed by atoms with Crippen LogP contribution in [0.25, 0.3) is 0 Å². The van der Waals surface area contributed by atoms with E-state index in [0.717, 1.165) is 10.8 Å². The largest absolute Gasteiger partial charge is 0.459 e. The number of aliphatic hydroxyl groups excluding tert-OH is 1. The third kappa shape index (κ3) is 6.44. The summed E-state index contributed by atoms with van der Waals surface area (Å²) in [5.41, 5.74) is -1.37. The number of aryl methyl sites for hydroxylation is 1. The van der Waals surface area contributed by atoms with E-state index in [2.05, 4.69) is 10.1 Å². The highest BCUT2D eigenvalue weighted by molar-refractivity contribution is 7.52. The molecule has 1 fully saturated rings. The second kappa shape index (κ2) is 11.6. The van der Waals surface area contributed by atoms with Crippen molar-refractivity contribution in [1.82, 2.24) is 14.6 Å². The van der Waals surface area contributed by atoms with Gasteiger partial charge < -0.3 is 23.8 Å². The summed E-state index contributed by atoms with van der Waals surface area (Å²) < 4.78 is 56.2. The van der Waals surface area contributed by atoms with Crippen molar-refractivity contribution < 1.29 is 37.3 Å². The zero-order chi connectivity index (χ0) is 25.8. The van der Waals surface area contributed by atoms with Crippen molar-refractivity contribution in [2.75, 3.05) is 20.8 Å². The highest BCUT2D eigenvalue weighted by Crippen LogP contribution is 2.46. The van der Waals surface area contributed by atoms with Crippen LogP contribution in [0.5, 0.6) is 5.75 Å². The van der Waals surface area contributed by atoms with Crippen LogP contribution in [0.1, 0.15) is 18.7 Å². The average Bonchev–Trinajstić information content (AvgIpc) is 3.10. The van der Waals surface area contributed by atoms with Crippen LogP contribution in [0.3, 0.4) is 0 Å². The average molecular weight is 517 g/mol. The number of rotatable bonds is 11. The lowest BCUT2D eigenvalue weighted by molar-refractivity contribution is -0.116. The maximum absolute atomic E-state index is 14.9. The molecule has 0 saturated carbocycles. The molecule has 1 aliphatic heterocycles. The summed E-state index contributed by atoms with van der Waals surface area (Å²) in [6.45, 7) is 2.51. The third-order valence-corrected chi connectivity index (χ3v) is 6.99. The monoisotopic (exact) mass is 517 g/mol. The van der Waals surface area contributed by atoms with Gasteiger partial charge in [-0.3, -0.25) is 18.9 Å². The molecule has 1 aromatic heterocycles. The number of H-pyrrole nitrogens is 1. The molecule has 1 aliphatic rings. The molecule has 35 heavy (non-hydrogen) atoms. The number of ether oxygens (including phenoxy) is 3. The van der Waals surface area contributed by atoms with Crippen LogP contribution >= 0.6 is 7.75 Å². The van der Waals surface area contributed by atoms with Crippen LogP contribution in [-0.4, -0.2) is 66.2 Å². The minimum atomic E-state index is -4.13. The number of aromatic amines is 1. The summed E-state index contributed by atoms with van der Waals surface area (Å²) >= 11 is 0. The van der Waals surface area contributed by atoms with Gasteiger partial charge in [-0.1, -0.05) is 18.2 Å². The number of hydrogen-bond donors (Lipinski definition) is 3. The number of hydrogen-bond acceptors (Lipinski definition) is 9. The first kappa shape index (κ1) is 27.2. The zero-order valence-electron chi connectivity index (χ0n) is 19.6. The van der Waals surface area contributed by atoms with Crippen molar-refractivity contribution in [3.63, 3.8) is 0 Å². The quantitative estimate of drug-likeness (QED) is 0.293. The SMILES string of the molecule is COC(OC)[C@H](C)NP(=O)(OC[C@@H]1O[C@H](n2cc(C)c(=O)[nH]c2=O)[C@H](F)[C@H]1O)Oc1ccccc1. The van der Waals surface area contributed by atoms with E-state index in [4.69, 9.17) is 23.3 Å². The summed E-state index contributed by atoms with van der Waals surface area (Å²) in [7, 11) is -1.32. The second-order valence-electron chi connectivity index (χ2n) is 7.93. The van der Waals surface area contributed by atoms with Crippen LogP contribution in [-0.2, 0) is 23.3 Å². The van der Waals surface area contributed by atoms with E-state index < -0.39 is 62.5 Å². The summed E-state index contributed by atoms with van der Waals surface area (Å²) in [6.07, 6.45) is -6.24. The fourth-order valence-electron chi connectivity index (χ4n) is 3.54. The van der Waals surface area contributed by atoms with E-state index in [-0.39, 0.29) is 11.3 Å². The number of benzene rings is 1. The molecule has 2 heterocycles. The van der Waals surface area contributed by atoms with Crippen LogP contribution < -0.4 is 20.9 Å². The molecule has 0 aliphatic carbocycles. The number of para-hydroxylation sites is 1. The van der Waals surface area contributed by atoms with Crippen LogP contribution in [0.2, 0.25) is 0 Å². The molecule has 0 bridgehead atoms. The molecule has 6 atom stereocenters. The van der Waals surface area contributed by atoms with Gasteiger partial charge in [0, 0.05) is 26.0 Å². The Morgan fingerprint density at radius 1 is 1.26 bits per heavy atom. The van der Waals surface area contributed by atoms with Crippen molar-refractivity contribution in [2.24, 2.45) is 0 Å². The Kier molecular flexibility index (Phi) is 9.00. The molecule has 0 radical (unpaired) electrons. The smallest absolute Gasteiger partial charge is 0.413 e. The summed E-state index contributed by atoms with van der Waals surface area (Å²) in [4.78, 5) is 25.8. The molecule has 1 aromatic carbocycles. The predicted octanol–water partition coefficient (Wildman–Crippen LogP) is 1.24. The van der Waals surface area contributed by atoms with Gasteiger partial charge in [-0.2, -0.15) is 0 Å². The normalized spacial score (nSPS) is 24.9. The van der Waals surface area contributed by atoms with Gasteiger partial charge in [-0.15, -0.1) is 0 Å². The van der Waals surface area contributed by atoms with E-state index >= 15 is 0 Å². The third-order valence-electron chi connectivity index (χ3n) is 5.33. The lowest BCUT2D eigenvalue weighted by Gasteiger charge is -2.28. The Labute approximate surface area is 200 Å². The Morgan fingerprint density at radius 3 is 2.54 bits per heavy atom. The lowest BCUT2D eigenvalue weighted by atomic mass is 10.1. The number of nitrogens with zero attached hydrogens (tertiary/aromatic N) is 1. The second-order valence-corrected chi connectivity index (χ2v) is 9.63. The van der Waals surface area contributed by atoms with E-state index in [1.165, 1.54) is 21.1 Å². The molecule has 0 amide bonds. The molecule has 2 aromatic rings. The van der Waals surface area contributed by atoms with E-state index in [1.54, 1.807) is 37.3 Å². The van der Waals surface area contributed by atoms with Gasteiger partial charge in [-0.05, 0) is 26.0 Å². The predicted molar refractivity (Wildman–Crippen MR) is 122 cm³/mol. The molecule has 194 valence electrons. The molecule has 12 nitrogen and oxygen atoms in total. The van der Waals surface area contributed by atoms with E-state index in [0.29, 0.717) is 0 Å². The summed E-state index contributed by atoms with van der Waals surface area (Å²) in [5, 5.41) is 13.1. The van der Waals surface area contributed by atoms with Crippen molar-refractivity contribution in [2.45, 2.75) is 50.8 Å². The van der Waals surface area contributed by atoms with Crippen molar-refractivity contribution in [3.05, 3.63) is 62.9 Å². The Hall–Kier alpha value is -2.38. The molecule has 14 heteroatoms. The fraction of sp³-hybridized carbons (Fsp3) is 0.524. The first-order valence-corrected chi connectivity index (χ1v) is 12.2. The topological polar surface area (TPSA) is 150 Å². The molecule has 3 N–H and O–H groups in total. The van der Waals surface area contributed by atoms with Crippen LogP contribution in [0.15, 0.2) is 46.1 Å². The van der Waals surface area contributed by atoms with Crippen molar-refractivity contribution in [1.29, 1.82) is 0 Å². The zero-order valence-corrected chi connectivity index (χ0v) is 20.5. The number of aliphatic hydroxyl groups is 1. The van der Waals surface area contributed by atoms with E-state index in [1.807, 2.05) is 0 Å². The highest BCUT2D eigenvalue weighted by Gasteiger charge is 2.47. The van der Waals surface area contributed by atoms with E-state index in [9.17, 15) is 23.7 Å². The first-order chi connectivity index (χ1) is 16.6. The summed E-state index contributed by atoms with van der Waals surface area (Å²) in [6, 6.07) is 7.53. The fourth-order valence-corrected chi connectivity index (χ4v) is 5.08. The standard InChI is InChI=1S/C21H29FN3O9P/c1-12-10-25(21(28)23-18(12)27)19-16(22)17(26)15(33-19)11-32-35(29,24-13(2)20(30-3)31-4)34-14-8-6-5-7-9-14/h5-10,13,15-17,19-20,26H,11H2,1-4H3,(H,24,29)(H,23,27,28)/t13-,15-,16+,17-,19-,35?/m0/s1. The Bertz CT molecular complexity index is 1140. The van der Waals surface area contributed by atoms with Crippen molar-refractivity contribution >= 4 is 7.75 Å². The van der Waals surface area contributed by atoms with Gasteiger partial charge in [-0.25, -0.2) is 18.8 Å². The molecule has 3 rings (SSSR count). The maximum Gasteiger partial charge on any atom is 0.459 e. The number of methoxy groups -OCH3 is 2. The Morgan fingerprint density at radius 2 is 1.91 bits per heavy atom. The van der Waals surface area contributed by atoms with Gasteiger partial charge in [0.05, 0.1) is 12.6 Å². The molecular weight excluding hydrogens is 488 g/mol. The van der Waals surface area contributed by atoms with Gasteiger partial charge in [0.1, 0.15) is 18.0 Å². The molecule has 0 spiro atoms. The summed E-state index contributed by atoms with van der Waals surface area (Å²) in [5.74, 6) is 0.228. The van der Waals surface area contributed by atoms with Gasteiger partial charge in [0.25, 0.3) is 5.56 Å². The van der Waals surface area contributed by atoms with Gasteiger partial charge in [0.2, 0.25) is 0 Å². The first-order valence-electron chi connectivity index (χ1n) is 10.7. The highest BCUT2D eigenvalue weighted by atomic mass is 31.2. The van der Waals surface area contributed by atoms with Gasteiger partial charge >= 0.3 is 13.4 Å². The molecular formula is C21H29FN3O9P. The number of halogens is 1. The number of aromatic nitrogens is 2. The minimum absolute atomic E-state index is 0.152. The number of alkyl halides is 1. The minimum Gasteiger partial charge on any atom is -0.413 e. The van der Waals surface area contributed by atoms with Crippen LogP contribution in [0, 0.1) is 6.92 Å². The molecule has 1 unspecified atom stereocenters.